The Balaban J connectivity index is 2.41. The number of nitrogens with two attached hydrogens (primary N) is 1. The molecule has 4 heteroatoms. The van der Waals surface area contributed by atoms with Crippen LogP contribution in [0, 0.1) is 13.8 Å². The Morgan fingerprint density at radius 3 is 2.79 bits per heavy atom. The third-order valence-electron chi connectivity index (χ3n) is 3.37. The van der Waals surface area contributed by atoms with Crippen LogP contribution in [-0.4, -0.2) is 9.55 Å². The molecule has 0 amide bonds. The third kappa shape index (κ3) is 2.85. The highest BCUT2D eigenvalue weighted by Crippen LogP contribution is 2.24. The standard InChI is InChI=1S/C15H22N4/c1-4-8-19-9-7-17-15(19)14(18-16)13-6-5-11(2)10-12(13)3/h5-7,9-10,14,18H,4,8,16H2,1-3H3. The molecule has 4 nitrogen and oxygen atoms in total. The largest absolute Gasteiger partial charge is 0.333 e. The number of hydrazine groups is 1. The van der Waals surface area contributed by atoms with E-state index in [0.29, 0.717) is 0 Å². The number of imidazole rings is 1. The predicted molar refractivity (Wildman–Crippen MR) is 77.6 cm³/mol. The summed E-state index contributed by atoms with van der Waals surface area (Å²) in [5.41, 5.74) is 6.56. The van der Waals surface area contributed by atoms with E-state index in [9.17, 15) is 0 Å². The molecule has 0 radical (unpaired) electrons. The van der Waals surface area contributed by atoms with Crippen molar-refractivity contribution in [1.82, 2.24) is 15.0 Å². The second-order valence-electron chi connectivity index (χ2n) is 4.94. The van der Waals surface area contributed by atoms with Gasteiger partial charge in [0.2, 0.25) is 0 Å². The third-order valence-corrected chi connectivity index (χ3v) is 3.37. The van der Waals surface area contributed by atoms with Crippen LogP contribution in [0.5, 0.6) is 0 Å². The van der Waals surface area contributed by atoms with Crippen LogP contribution in [-0.2, 0) is 6.54 Å². The average molecular weight is 258 g/mol. The van der Waals surface area contributed by atoms with Crippen molar-refractivity contribution < 1.29 is 0 Å². The van der Waals surface area contributed by atoms with Crippen molar-refractivity contribution in [2.24, 2.45) is 5.84 Å². The van der Waals surface area contributed by atoms with Crippen molar-refractivity contribution in [2.75, 3.05) is 0 Å². The Morgan fingerprint density at radius 2 is 2.16 bits per heavy atom. The lowest BCUT2D eigenvalue weighted by molar-refractivity contribution is 0.543. The second kappa shape index (κ2) is 5.99. The monoisotopic (exact) mass is 258 g/mol. The van der Waals surface area contributed by atoms with Crippen LogP contribution in [0.25, 0.3) is 0 Å². The van der Waals surface area contributed by atoms with Gasteiger partial charge in [-0.3, -0.25) is 5.84 Å². The van der Waals surface area contributed by atoms with E-state index < -0.39 is 0 Å². The number of hydrogen-bond donors (Lipinski definition) is 2. The van der Waals surface area contributed by atoms with E-state index >= 15 is 0 Å². The topological polar surface area (TPSA) is 55.9 Å². The zero-order chi connectivity index (χ0) is 13.8. The molecule has 1 aromatic heterocycles. The molecule has 1 unspecified atom stereocenters. The molecular weight excluding hydrogens is 236 g/mol. The van der Waals surface area contributed by atoms with Gasteiger partial charge in [0.25, 0.3) is 0 Å². The van der Waals surface area contributed by atoms with Gasteiger partial charge < -0.3 is 4.57 Å². The van der Waals surface area contributed by atoms with Crippen LogP contribution in [0.15, 0.2) is 30.6 Å². The Labute approximate surface area is 114 Å². The molecule has 2 aromatic rings. The van der Waals surface area contributed by atoms with Crippen molar-refractivity contribution in [3.63, 3.8) is 0 Å². The van der Waals surface area contributed by atoms with Gasteiger partial charge in [0.1, 0.15) is 11.9 Å². The van der Waals surface area contributed by atoms with Gasteiger partial charge in [-0.25, -0.2) is 10.4 Å². The molecule has 2 rings (SSSR count). The molecule has 1 atom stereocenters. The molecule has 3 N–H and O–H groups in total. The number of aryl methyl sites for hydroxylation is 3. The van der Waals surface area contributed by atoms with E-state index in [1.54, 1.807) is 0 Å². The molecule has 0 saturated heterocycles. The first-order valence-electron chi connectivity index (χ1n) is 6.71. The average Bonchev–Trinajstić information content (AvgIpc) is 2.82. The lowest BCUT2D eigenvalue weighted by atomic mass is 9.99. The van der Waals surface area contributed by atoms with Gasteiger partial charge in [-0.1, -0.05) is 30.7 Å². The molecule has 102 valence electrons. The highest BCUT2D eigenvalue weighted by atomic mass is 15.3. The molecule has 19 heavy (non-hydrogen) atoms. The normalized spacial score (nSPS) is 12.6. The molecule has 0 saturated carbocycles. The summed E-state index contributed by atoms with van der Waals surface area (Å²) < 4.78 is 2.16. The number of rotatable bonds is 5. The number of nitrogens with one attached hydrogen (secondary N) is 1. The van der Waals surface area contributed by atoms with Crippen molar-refractivity contribution in [2.45, 2.75) is 39.8 Å². The van der Waals surface area contributed by atoms with Gasteiger partial charge in [-0.15, -0.1) is 0 Å². The summed E-state index contributed by atoms with van der Waals surface area (Å²) in [4.78, 5) is 4.47. The van der Waals surface area contributed by atoms with E-state index in [-0.39, 0.29) is 6.04 Å². The maximum Gasteiger partial charge on any atom is 0.131 e. The summed E-state index contributed by atoms with van der Waals surface area (Å²) in [5.74, 6) is 6.73. The van der Waals surface area contributed by atoms with Crippen molar-refractivity contribution in [3.8, 4) is 0 Å². The lowest BCUT2D eigenvalue weighted by Crippen LogP contribution is -2.31. The zero-order valence-electron chi connectivity index (χ0n) is 11.9. The molecule has 0 fully saturated rings. The van der Waals surface area contributed by atoms with Gasteiger partial charge in [-0.05, 0) is 31.4 Å². The lowest BCUT2D eigenvalue weighted by Gasteiger charge is -2.20. The van der Waals surface area contributed by atoms with Crippen LogP contribution in [0.1, 0.15) is 41.9 Å². The summed E-state index contributed by atoms with van der Waals surface area (Å²) >= 11 is 0. The quantitative estimate of drug-likeness (QED) is 0.640. The minimum atomic E-state index is -0.0675. The fourth-order valence-corrected chi connectivity index (χ4v) is 2.46. The van der Waals surface area contributed by atoms with Gasteiger partial charge in [0, 0.05) is 18.9 Å². The number of benzene rings is 1. The maximum absolute atomic E-state index is 5.76. The molecule has 0 aliphatic rings. The maximum atomic E-state index is 5.76. The van der Waals surface area contributed by atoms with E-state index in [0.717, 1.165) is 18.8 Å². The van der Waals surface area contributed by atoms with Crippen LogP contribution < -0.4 is 11.3 Å². The van der Waals surface area contributed by atoms with Gasteiger partial charge in [0.05, 0.1) is 0 Å². The molecule has 1 aromatic carbocycles. The minimum absolute atomic E-state index is 0.0675. The molecule has 0 aliphatic heterocycles. The first-order valence-corrected chi connectivity index (χ1v) is 6.71. The second-order valence-corrected chi connectivity index (χ2v) is 4.94. The highest BCUT2D eigenvalue weighted by Gasteiger charge is 2.19. The van der Waals surface area contributed by atoms with E-state index in [4.69, 9.17) is 5.84 Å². The van der Waals surface area contributed by atoms with E-state index in [1.165, 1.54) is 16.7 Å². The minimum Gasteiger partial charge on any atom is -0.333 e. The summed E-state index contributed by atoms with van der Waals surface area (Å²) in [6.07, 6.45) is 4.92. The van der Waals surface area contributed by atoms with Gasteiger partial charge in [-0.2, -0.15) is 0 Å². The van der Waals surface area contributed by atoms with Crippen LogP contribution in [0.2, 0.25) is 0 Å². The molecular formula is C15H22N4. The highest BCUT2D eigenvalue weighted by molar-refractivity contribution is 5.35. The number of aromatic nitrogens is 2. The molecule has 0 bridgehead atoms. The fourth-order valence-electron chi connectivity index (χ4n) is 2.46. The Kier molecular flexibility index (Phi) is 4.35. The van der Waals surface area contributed by atoms with Crippen LogP contribution >= 0.6 is 0 Å². The Hall–Kier alpha value is -1.65. The van der Waals surface area contributed by atoms with Crippen molar-refractivity contribution in [1.29, 1.82) is 0 Å². The summed E-state index contributed by atoms with van der Waals surface area (Å²) in [5, 5.41) is 0. The first-order chi connectivity index (χ1) is 9.17. The van der Waals surface area contributed by atoms with E-state index in [1.807, 2.05) is 12.4 Å². The summed E-state index contributed by atoms with van der Waals surface area (Å²) in [6.45, 7) is 7.32. The zero-order valence-corrected chi connectivity index (χ0v) is 11.9. The molecule has 0 aliphatic carbocycles. The SMILES string of the molecule is CCCn1ccnc1C(NN)c1ccc(C)cc1C. The van der Waals surface area contributed by atoms with Crippen molar-refractivity contribution in [3.05, 3.63) is 53.1 Å². The predicted octanol–water partition coefficient (Wildman–Crippen LogP) is 2.46. The summed E-state index contributed by atoms with van der Waals surface area (Å²) in [7, 11) is 0. The first kappa shape index (κ1) is 13.8. The van der Waals surface area contributed by atoms with Gasteiger partial charge >= 0.3 is 0 Å². The Morgan fingerprint density at radius 1 is 1.37 bits per heavy atom. The van der Waals surface area contributed by atoms with Crippen LogP contribution in [0.4, 0.5) is 0 Å². The van der Waals surface area contributed by atoms with Gasteiger partial charge in [0.15, 0.2) is 0 Å². The molecule has 1 heterocycles. The smallest absolute Gasteiger partial charge is 0.131 e. The van der Waals surface area contributed by atoms with Crippen LogP contribution in [0.3, 0.4) is 0 Å². The number of hydrogen-bond acceptors (Lipinski definition) is 3. The number of nitrogens with zero attached hydrogens (tertiary/aromatic N) is 2. The fraction of sp³-hybridized carbons (Fsp3) is 0.400. The van der Waals surface area contributed by atoms with E-state index in [2.05, 4.69) is 53.9 Å². The summed E-state index contributed by atoms with van der Waals surface area (Å²) in [6, 6.07) is 6.34. The molecule has 0 spiro atoms. The Bertz CT molecular complexity index is 545. The van der Waals surface area contributed by atoms with Crippen molar-refractivity contribution >= 4 is 0 Å².